The highest BCUT2D eigenvalue weighted by Crippen LogP contribution is 2.31. The summed E-state index contributed by atoms with van der Waals surface area (Å²) in [6.07, 6.45) is 9.02. The first-order chi connectivity index (χ1) is 12.3. The van der Waals surface area contributed by atoms with Gasteiger partial charge in [-0.2, -0.15) is 0 Å². The fourth-order valence-electron chi connectivity index (χ4n) is 2.74. The first-order valence-corrected chi connectivity index (χ1v) is 7.94. The highest BCUT2D eigenvalue weighted by Gasteiger charge is 2.10. The summed E-state index contributed by atoms with van der Waals surface area (Å²) in [5.41, 5.74) is 3.96. The van der Waals surface area contributed by atoms with Crippen LogP contribution in [0.1, 0.15) is 5.56 Å². The normalized spacial score (nSPS) is 10.8. The van der Waals surface area contributed by atoms with Gasteiger partial charge in [-0.05, 0) is 35.4 Å². The van der Waals surface area contributed by atoms with Gasteiger partial charge in [-0.3, -0.25) is 9.97 Å². The third-order valence-electron chi connectivity index (χ3n) is 3.98. The quantitative estimate of drug-likeness (QED) is 0.584. The Labute approximate surface area is 144 Å². The fraction of sp³-hybridized carbons (Fsp3) is 0.105. The second kappa shape index (κ2) is 6.60. The number of ether oxygens (including phenoxy) is 1. The highest BCUT2D eigenvalue weighted by atomic mass is 16.5. The molecular formula is C19H17N5O. The van der Waals surface area contributed by atoms with E-state index in [0.29, 0.717) is 6.54 Å². The van der Waals surface area contributed by atoms with Crippen LogP contribution in [-0.2, 0) is 6.54 Å². The predicted octanol–water partition coefficient (Wildman–Crippen LogP) is 3.64. The monoisotopic (exact) mass is 331 g/mol. The van der Waals surface area contributed by atoms with E-state index in [1.54, 1.807) is 19.5 Å². The minimum absolute atomic E-state index is 0.656. The predicted molar refractivity (Wildman–Crippen MR) is 97.4 cm³/mol. The van der Waals surface area contributed by atoms with Gasteiger partial charge in [0.1, 0.15) is 17.2 Å². The van der Waals surface area contributed by atoms with Gasteiger partial charge in [-0.25, -0.2) is 4.98 Å². The van der Waals surface area contributed by atoms with E-state index in [1.165, 1.54) is 0 Å². The van der Waals surface area contributed by atoms with Crippen molar-refractivity contribution in [2.75, 3.05) is 12.4 Å². The summed E-state index contributed by atoms with van der Waals surface area (Å²) >= 11 is 0. The summed E-state index contributed by atoms with van der Waals surface area (Å²) < 4.78 is 5.30. The van der Waals surface area contributed by atoms with Crippen molar-refractivity contribution >= 4 is 16.9 Å². The van der Waals surface area contributed by atoms with Gasteiger partial charge in [0.15, 0.2) is 0 Å². The van der Waals surface area contributed by atoms with Crippen LogP contribution in [0.4, 0.5) is 5.82 Å². The zero-order valence-corrected chi connectivity index (χ0v) is 13.7. The standard InChI is InChI=1S/C19H17N5O/c1-25-15-7-14(11-21-12-15)17-8-18(24-19-16(17)4-6-22-19)23-10-13-3-2-5-20-9-13/h2-9,11-12H,10H2,1H3,(H2,22,23,24). The molecule has 0 unspecified atom stereocenters. The van der Waals surface area contributed by atoms with E-state index in [-0.39, 0.29) is 0 Å². The van der Waals surface area contributed by atoms with Crippen LogP contribution < -0.4 is 10.1 Å². The van der Waals surface area contributed by atoms with E-state index in [0.717, 1.165) is 39.3 Å². The summed E-state index contributed by atoms with van der Waals surface area (Å²) in [5, 5.41) is 4.40. The molecule has 124 valence electrons. The van der Waals surface area contributed by atoms with Crippen molar-refractivity contribution in [3.8, 4) is 16.9 Å². The number of H-pyrrole nitrogens is 1. The molecule has 0 aliphatic rings. The van der Waals surface area contributed by atoms with Gasteiger partial charge in [0, 0.05) is 42.3 Å². The van der Waals surface area contributed by atoms with Gasteiger partial charge in [0.2, 0.25) is 0 Å². The van der Waals surface area contributed by atoms with Crippen molar-refractivity contribution in [3.63, 3.8) is 0 Å². The Kier molecular flexibility index (Phi) is 4.00. The Morgan fingerprint density at radius 1 is 1.12 bits per heavy atom. The topological polar surface area (TPSA) is 75.7 Å². The van der Waals surface area contributed by atoms with Crippen LogP contribution in [0.5, 0.6) is 5.75 Å². The lowest BCUT2D eigenvalue weighted by molar-refractivity contribution is 0.413. The Bertz CT molecular complexity index is 997. The molecule has 0 fully saturated rings. The number of fused-ring (bicyclic) bond motifs is 1. The SMILES string of the molecule is COc1cncc(-c2cc(NCc3cccnc3)nc3[nH]ccc23)c1. The van der Waals surface area contributed by atoms with Gasteiger partial charge < -0.3 is 15.0 Å². The Morgan fingerprint density at radius 3 is 2.92 bits per heavy atom. The van der Waals surface area contributed by atoms with Gasteiger partial charge >= 0.3 is 0 Å². The van der Waals surface area contributed by atoms with Crippen LogP contribution in [0.3, 0.4) is 0 Å². The van der Waals surface area contributed by atoms with Crippen molar-refractivity contribution in [2.24, 2.45) is 0 Å². The molecule has 0 saturated heterocycles. The Balaban J connectivity index is 1.72. The minimum atomic E-state index is 0.656. The second-order valence-electron chi connectivity index (χ2n) is 5.62. The third-order valence-corrected chi connectivity index (χ3v) is 3.98. The molecule has 2 N–H and O–H groups in total. The number of pyridine rings is 3. The number of nitrogens with zero attached hydrogens (tertiary/aromatic N) is 3. The van der Waals surface area contributed by atoms with E-state index in [2.05, 4.69) is 25.3 Å². The summed E-state index contributed by atoms with van der Waals surface area (Å²) in [5.74, 6) is 1.51. The number of nitrogens with one attached hydrogen (secondary N) is 2. The van der Waals surface area contributed by atoms with Crippen LogP contribution in [0, 0.1) is 0 Å². The minimum Gasteiger partial charge on any atom is -0.495 e. The van der Waals surface area contributed by atoms with E-state index in [9.17, 15) is 0 Å². The van der Waals surface area contributed by atoms with Crippen LogP contribution in [0.2, 0.25) is 0 Å². The molecule has 4 aromatic heterocycles. The first-order valence-electron chi connectivity index (χ1n) is 7.94. The maximum absolute atomic E-state index is 5.30. The van der Waals surface area contributed by atoms with E-state index in [4.69, 9.17) is 4.74 Å². The average molecular weight is 331 g/mol. The van der Waals surface area contributed by atoms with E-state index in [1.807, 2.05) is 48.9 Å². The largest absolute Gasteiger partial charge is 0.495 e. The van der Waals surface area contributed by atoms with Crippen LogP contribution in [-0.4, -0.2) is 27.0 Å². The number of hydrogen-bond donors (Lipinski definition) is 2. The van der Waals surface area contributed by atoms with Crippen molar-refractivity contribution in [2.45, 2.75) is 6.54 Å². The van der Waals surface area contributed by atoms with Crippen molar-refractivity contribution < 1.29 is 4.74 Å². The molecule has 0 aliphatic heterocycles. The molecule has 0 aromatic carbocycles. The van der Waals surface area contributed by atoms with Gasteiger partial charge in [0.25, 0.3) is 0 Å². The number of hydrogen-bond acceptors (Lipinski definition) is 5. The van der Waals surface area contributed by atoms with Crippen molar-refractivity contribution in [1.29, 1.82) is 0 Å². The molecule has 4 heterocycles. The van der Waals surface area contributed by atoms with Crippen LogP contribution in [0.25, 0.3) is 22.2 Å². The molecule has 4 aromatic rings. The van der Waals surface area contributed by atoms with Crippen LogP contribution in [0.15, 0.2) is 61.3 Å². The molecule has 0 radical (unpaired) electrons. The molecule has 0 aliphatic carbocycles. The lowest BCUT2D eigenvalue weighted by atomic mass is 10.1. The lowest BCUT2D eigenvalue weighted by Crippen LogP contribution is -2.02. The first kappa shape index (κ1) is 15.1. The van der Waals surface area contributed by atoms with Gasteiger partial charge in [-0.15, -0.1) is 0 Å². The Morgan fingerprint density at radius 2 is 2.08 bits per heavy atom. The molecule has 0 atom stereocenters. The van der Waals surface area contributed by atoms with Crippen molar-refractivity contribution in [3.05, 3.63) is 66.9 Å². The molecule has 0 saturated carbocycles. The molecular weight excluding hydrogens is 314 g/mol. The van der Waals surface area contributed by atoms with Crippen molar-refractivity contribution in [1.82, 2.24) is 19.9 Å². The summed E-state index contributed by atoms with van der Waals surface area (Å²) in [7, 11) is 1.64. The van der Waals surface area contributed by atoms with E-state index >= 15 is 0 Å². The molecule has 0 spiro atoms. The molecule has 0 amide bonds. The number of anilines is 1. The maximum atomic E-state index is 5.30. The highest BCUT2D eigenvalue weighted by molar-refractivity contribution is 5.94. The third kappa shape index (κ3) is 3.14. The average Bonchev–Trinajstić information content (AvgIpc) is 3.15. The lowest BCUT2D eigenvalue weighted by Gasteiger charge is -2.10. The molecule has 6 nitrogen and oxygen atoms in total. The zero-order valence-electron chi connectivity index (χ0n) is 13.7. The Hall–Kier alpha value is -3.41. The number of rotatable bonds is 5. The number of aromatic amines is 1. The fourth-order valence-corrected chi connectivity index (χ4v) is 2.74. The smallest absolute Gasteiger partial charge is 0.140 e. The molecule has 25 heavy (non-hydrogen) atoms. The van der Waals surface area contributed by atoms with Crippen LogP contribution >= 0.6 is 0 Å². The van der Waals surface area contributed by atoms with Gasteiger partial charge in [0.05, 0.1) is 13.3 Å². The summed E-state index contributed by atoms with van der Waals surface area (Å²) in [6.45, 7) is 0.656. The molecule has 6 heteroatoms. The maximum Gasteiger partial charge on any atom is 0.140 e. The molecule has 4 rings (SSSR count). The second-order valence-corrected chi connectivity index (χ2v) is 5.62. The van der Waals surface area contributed by atoms with E-state index < -0.39 is 0 Å². The number of aromatic nitrogens is 4. The van der Waals surface area contributed by atoms with Gasteiger partial charge in [-0.1, -0.05) is 6.07 Å². The molecule has 0 bridgehead atoms. The summed E-state index contributed by atoms with van der Waals surface area (Å²) in [4.78, 5) is 16.2. The number of methoxy groups -OCH3 is 1. The summed E-state index contributed by atoms with van der Waals surface area (Å²) in [6, 6.07) is 9.97. The zero-order chi connectivity index (χ0) is 17.1.